The number of ether oxygens (including phenoxy) is 1. The van der Waals surface area contributed by atoms with Gasteiger partial charge in [-0.15, -0.1) is 12.4 Å². The molecule has 2 aliphatic rings. The number of benzene rings is 2. The highest BCUT2D eigenvalue weighted by atomic mass is 35.5. The van der Waals surface area contributed by atoms with E-state index in [0.29, 0.717) is 25.8 Å². The van der Waals surface area contributed by atoms with Gasteiger partial charge in [-0.25, -0.2) is 9.80 Å². The number of hydrogen-bond acceptors (Lipinski definition) is 6. The Kier molecular flexibility index (Phi) is 10.0. The van der Waals surface area contributed by atoms with Crippen LogP contribution in [0.3, 0.4) is 0 Å². The fraction of sp³-hybridized carbons (Fsp3) is 0.407. The van der Waals surface area contributed by atoms with E-state index >= 15 is 0 Å². The number of aryl methyl sites for hydroxylation is 1. The van der Waals surface area contributed by atoms with Crippen LogP contribution in [0.5, 0.6) is 0 Å². The van der Waals surface area contributed by atoms with Gasteiger partial charge < -0.3 is 9.84 Å². The van der Waals surface area contributed by atoms with E-state index in [1.165, 1.54) is 5.01 Å². The molecule has 10 heteroatoms. The molecule has 2 aromatic carbocycles. The largest absolute Gasteiger partial charge is 0.480 e. The van der Waals surface area contributed by atoms with Crippen LogP contribution >= 0.6 is 12.4 Å². The highest BCUT2D eigenvalue weighted by molar-refractivity contribution is 5.92. The molecule has 2 N–H and O–H groups in total. The van der Waals surface area contributed by atoms with Crippen LogP contribution in [0.4, 0.5) is 0 Å². The summed E-state index contributed by atoms with van der Waals surface area (Å²) in [6.07, 6.45) is 1.99. The van der Waals surface area contributed by atoms with Crippen molar-refractivity contribution in [2.24, 2.45) is 0 Å². The minimum Gasteiger partial charge on any atom is -0.480 e. The minimum atomic E-state index is -1.15. The predicted molar refractivity (Wildman–Crippen MR) is 137 cm³/mol. The Morgan fingerprint density at radius 1 is 1.00 bits per heavy atom. The summed E-state index contributed by atoms with van der Waals surface area (Å²) in [5, 5.41) is 15.2. The monoisotopic (exact) mass is 529 g/mol. The van der Waals surface area contributed by atoms with Crippen LogP contribution < -0.4 is 5.32 Å². The summed E-state index contributed by atoms with van der Waals surface area (Å²) in [5.41, 5.74) is 1.88. The predicted octanol–water partition coefficient (Wildman–Crippen LogP) is 2.72. The third kappa shape index (κ3) is 7.08. The van der Waals surface area contributed by atoms with Crippen molar-refractivity contribution >= 4 is 36.2 Å². The van der Waals surface area contributed by atoms with Crippen LogP contribution in [-0.2, 0) is 36.9 Å². The average Bonchev–Trinajstić information content (AvgIpc) is 3.02. The van der Waals surface area contributed by atoms with Gasteiger partial charge in [0.1, 0.15) is 12.6 Å². The van der Waals surface area contributed by atoms with Crippen molar-refractivity contribution in [3.63, 3.8) is 0 Å². The summed E-state index contributed by atoms with van der Waals surface area (Å²) < 4.78 is 5.58. The molecule has 2 fully saturated rings. The molecule has 9 nitrogen and oxygen atoms in total. The average molecular weight is 530 g/mol. The highest BCUT2D eigenvalue weighted by Crippen LogP contribution is 2.25. The molecular weight excluding hydrogens is 498 g/mol. The number of rotatable bonds is 9. The third-order valence-electron chi connectivity index (χ3n) is 6.62. The van der Waals surface area contributed by atoms with Crippen LogP contribution in [0, 0.1) is 0 Å². The van der Waals surface area contributed by atoms with Crippen LogP contribution in [0.2, 0.25) is 0 Å². The Morgan fingerprint density at radius 3 is 2.30 bits per heavy atom. The molecule has 37 heavy (non-hydrogen) atoms. The van der Waals surface area contributed by atoms with E-state index < -0.39 is 36.0 Å². The number of nitrogens with one attached hydrogen (secondary N) is 1. The van der Waals surface area contributed by atoms with Crippen LogP contribution in [-0.4, -0.2) is 63.5 Å². The number of nitrogens with zero attached hydrogens (tertiary/aromatic N) is 2. The van der Waals surface area contributed by atoms with Gasteiger partial charge in [0.05, 0.1) is 6.04 Å². The molecule has 2 heterocycles. The molecule has 4 rings (SSSR count). The Hall–Kier alpha value is -3.43. The summed E-state index contributed by atoms with van der Waals surface area (Å²) in [4.78, 5) is 51.2. The minimum absolute atomic E-state index is 0. The van der Waals surface area contributed by atoms with Gasteiger partial charge in [-0.2, -0.15) is 0 Å². The molecular formula is C27H32ClN3O6. The molecule has 3 atom stereocenters. The Balaban J connectivity index is 0.00000380. The molecule has 2 aromatic rings. The number of carboxylic acids is 1. The van der Waals surface area contributed by atoms with Gasteiger partial charge in [-0.3, -0.25) is 24.7 Å². The molecule has 0 aliphatic carbocycles. The van der Waals surface area contributed by atoms with E-state index in [1.807, 2.05) is 60.7 Å². The van der Waals surface area contributed by atoms with Crippen molar-refractivity contribution < 1.29 is 29.0 Å². The van der Waals surface area contributed by atoms with Gasteiger partial charge in [-0.1, -0.05) is 60.7 Å². The first kappa shape index (κ1) is 28.1. The first-order valence-electron chi connectivity index (χ1n) is 12.3. The van der Waals surface area contributed by atoms with Crippen molar-refractivity contribution in [2.45, 2.75) is 63.3 Å². The smallest absolute Gasteiger partial charge is 0.328 e. The molecule has 0 bridgehead atoms. The van der Waals surface area contributed by atoms with Gasteiger partial charge in [0.15, 0.2) is 6.04 Å². The molecule has 0 radical (unpaired) electrons. The number of amides is 2. The number of halogens is 1. The topological polar surface area (TPSA) is 116 Å². The fourth-order valence-electron chi connectivity index (χ4n) is 4.71. The normalized spacial score (nSPS) is 20.3. The van der Waals surface area contributed by atoms with E-state index in [4.69, 9.17) is 4.74 Å². The van der Waals surface area contributed by atoms with Crippen molar-refractivity contribution in [1.29, 1.82) is 0 Å². The second kappa shape index (κ2) is 13.2. The molecule has 0 spiro atoms. The second-order valence-corrected chi connectivity index (χ2v) is 9.12. The van der Waals surface area contributed by atoms with E-state index in [2.05, 4.69) is 5.32 Å². The zero-order valence-corrected chi connectivity index (χ0v) is 21.3. The number of carboxylic acid groups (broad SMARTS) is 1. The lowest BCUT2D eigenvalue weighted by Gasteiger charge is -2.42. The first-order valence-corrected chi connectivity index (χ1v) is 12.3. The molecule has 0 aromatic heterocycles. The lowest BCUT2D eigenvalue weighted by molar-refractivity contribution is -0.181. The molecule has 198 valence electrons. The molecule has 2 aliphatic heterocycles. The maximum absolute atomic E-state index is 13.5. The van der Waals surface area contributed by atoms with Crippen molar-refractivity contribution in [3.05, 3.63) is 71.8 Å². The fourth-order valence-corrected chi connectivity index (χ4v) is 4.71. The summed E-state index contributed by atoms with van der Waals surface area (Å²) >= 11 is 0. The number of hydrogen-bond donors (Lipinski definition) is 2. The van der Waals surface area contributed by atoms with E-state index in [-0.39, 0.29) is 44.2 Å². The van der Waals surface area contributed by atoms with E-state index in [0.717, 1.165) is 16.1 Å². The van der Waals surface area contributed by atoms with Gasteiger partial charge in [0.25, 0.3) is 5.91 Å². The van der Waals surface area contributed by atoms with E-state index in [9.17, 15) is 24.3 Å². The number of esters is 1. The third-order valence-corrected chi connectivity index (χ3v) is 6.62. The molecule has 0 saturated carbocycles. The number of hydrazine groups is 1. The zero-order chi connectivity index (χ0) is 25.5. The molecule has 2 amide bonds. The summed E-state index contributed by atoms with van der Waals surface area (Å²) in [6.45, 7) is 0.402. The Morgan fingerprint density at radius 2 is 1.65 bits per heavy atom. The van der Waals surface area contributed by atoms with Crippen LogP contribution in [0.1, 0.15) is 43.2 Å². The van der Waals surface area contributed by atoms with Crippen LogP contribution in [0.25, 0.3) is 0 Å². The highest BCUT2D eigenvalue weighted by Gasteiger charge is 2.45. The van der Waals surface area contributed by atoms with E-state index in [1.54, 1.807) is 0 Å². The first-order chi connectivity index (χ1) is 17.4. The van der Waals surface area contributed by atoms with Gasteiger partial charge in [0.2, 0.25) is 5.91 Å². The lowest BCUT2D eigenvalue weighted by Crippen LogP contribution is -2.62. The molecule has 2 saturated heterocycles. The van der Waals surface area contributed by atoms with Crippen molar-refractivity contribution in [1.82, 2.24) is 15.3 Å². The molecule has 0 unspecified atom stereocenters. The maximum atomic E-state index is 13.5. The SMILES string of the molecule is Cl.O=C(OCc1ccccc1)[C@H](CCc1ccccc1)N[C@H]1CCC(=O)N2CCC[C@@H](C(=O)O)N2C1=O. The van der Waals surface area contributed by atoms with Gasteiger partial charge in [-0.05, 0) is 43.2 Å². The standard InChI is InChI=1S/C27H31N3O6.ClH/c31-24-16-15-21(25(32)30-23(26(33)34)12-7-17-29(24)30)28-22(14-13-19-8-3-1-4-9-19)27(35)36-18-20-10-5-2-6-11-20;/h1-6,8-11,21-23,28H,7,12-18H2,(H,33,34);1H/t21-,22-,23-;/m0./s1. The van der Waals surface area contributed by atoms with Gasteiger partial charge >= 0.3 is 11.9 Å². The lowest BCUT2D eigenvalue weighted by atomic mass is 10.0. The zero-order valence-electron chi connectivity index (χ0n) is 20.5. The summed E-state index contributed by atoms with van der Waals surface area (Å²) in [5.74, 6) is -2.44. The number of carbonyl (C=O) groups is 4. The quantitative estimate of drug-likeness (QED) is 0.480. The van der Waals surface area contributed by atoms with Crippen molar-refractivity contribution in [3.8, 4) is 0 Å². The Labute approximate surface area is 222 Å². The summed E-state index contributed by atoms with van der Waals surface area (Å²) in [7, 11) is 0. The number of carbonyl (C=O) groups excluding carboxylic acids is 3. The second-order valence-electron chi connectivity index (χ2n) is 9.12. The summed E-state index contributed by atoms with van der Waals surface area (Å²) in [6, 6.07) is 16.2. The number of fused-ring (bicyclic) bond motifs is 1. The van der Waals surface area contributed by atoms with Gasteiger partial charge in [0, 0.05) is 13.0 Å². The number of aliphatic carboxylic acids is 1. The maximum Gasteiger partial charge on any atom is 0.328 e. The van der Waals surface area contributed by atoms with Crippen LogP contribution in [0.15, 0.2) is 60.7 Å². The van der Waals surface area contributed by atoms with Crippen molar-refractivity contribution in [2.75, 3.05) is 6.54 Å². The Bertz CT molecular complexity index is 1080.